The van der Waals surface area contributed by atoms with Crippen LogP contribution in [0.1, 0.15) is 21.5 Å². The van der Waals surface area contributed by atoms with E-state index < -0.39 is 10.0 Å². The molecule has 0 saturated carbocycles. The molecule has 1 saturated heterocycles. The van der Waals surface area contributed by atoms with Crippen LogP contribution in [-0.2, 0) is 10.0 Å². The van der Waals surface area contributed by atoms with Crippen LogP contribution < -0.4 is 10.0 Å². The average molecular weight is 373 g/mol. The molecule has 6 nitrogen and oxygen atoms in total. The second kappa shape index (κ2) is 7.47. The molecule has 1 aliphatic heterocycles. The van der Waals surface area contributed by atoms with Gasteiger partial charge in [-0.15, -0.1) is 0 Å². The van der Waals surface area contributed by atoms with Crippen LogP contribution in [0.25, 0.3) is 0 Å². The van der Waals surface area contributed by atoms with Gasteiger partial charge in [0.1, 0.15) is 0 Å². The van der Waals surface area contributed by atoms with Crippen LogP contribution in [0.15, 0.2) is 47.4 Å². The van der Waals surface area contributed by atoms with E-state index in [0.717, 1.165) is 24.2 Å². The molecule has 7 heteroatoms. The first-order valence-corrected chi connectivity index (χ1v) is 10.1. The van der Waals surface area contributed by atoms with Gasteiger partial charge in [0.2, 0.25) is 0 Å². The van der Waals surface area contributed by atoms with Crippen molar-refractivity contribution in [1.82, 2.24) is 10.2 Å². The minimum absolute atomic E-state index is 0.0862. The smallest absolute Gasteiger partial charge is 0.261 e. The Morgan fingerprint density at radius 1 is 1.08 bits per heavy atom. The molecular weight excluding hydrogens is 350 g/mol. The minimum atomic E-state index is -3.77. The van der Waals surface area contributed by atoms with Crippen LogP contribution in [0.5, 0.6) is 0 Å². The molecule has 2 aromatic carbocycles. The van der Waals surface area contributed by atoms with Crippen LogP contribution in [-0.4, -0.2) is 45.4 Å². The van der Waals surface area contributed by atoms with Crippen LogP contribution in [0.4, 0.5) is 5.69 Å². The van der Waals surface area contributed by atoms with Crippen molar-refractivity contribution in [1.29, 1.82) is 0 Å². The van der Waals surface area contributed by atoms with E-state index in [2.05, 4.69) is 10.0 Å². The summed E-state index contributed by atoms with van der Waals surface area (Å²) < 4.78 is 28.0. The Morgan fingerprint density at radius 2 is 1.81 bits per heavy atom. The van der Waals surface area contributed by atoms with E-state index in [4.69, 9.17) is 0 Å². The maximum Gasteiger partial charge on any atom is 0.261 e. The Hall–Kier alpha value is -2.38. The summed E-state index contributed by atoms with van der Waals surface area (Å²) in [7, 11) is -3.77. The van der Waals surface area contributed by atoms with E-state index in [1.54, 1.807) is 29.2 Å². The summed E-state index contributed by atoms with van der Waals surface area (Å²) in [4.78, 5) is 14.6. The van der Waals surface area contributed by atoms with E-state index in [-0.39, 0.29) is 10.8 Å². The van der Waals surface area contributed by atoms with E-state index in [1.165, 1.54) is 12.1 Å². The maximum absolute atomic E-state index is 12.8. The van der Waals surface area contributed by atoms with E-state index in [1.807, 2.05) is 19.9 Å². The molecule has 1 fully saturated rings. The summed E-state index contributed by atoms with van der Waals surface area (Å²) in [6.45, 7) is 6.46. The number of amides is 1. The summed E-state index contributed by atoms with van der Waals surface area (Å²) in [5, 5.41) is 3.20. The monoisotopic (exact) mass is 373 g/mol. The summed E-state index contributed by atoms with van der Waals surface area (Å²) in [6, 6.07) is 11.8. The number of anilines is 1. The molecule has 1 heterocycles. The zero-order chi connectivity index (χ0) is 18.7. The predicted octanol–water partition coefficient (Wildman–Crippen LogP) is 2.15. The van der Waals surface area contributed by atoms with Gasteiger partial charge in [0, 0.05) is 37.4 Å². The number of aryl methyl sites for hydroxylation is 2. The summed E-state index contributed by atoms with van der Waals surface area (Å²) in [6.07, 6.45) is 0. The number of piperazine rings is 1. The molecular formula is C19H23N3O3S. The molecule has 0 bridgehead atoms. The topological polar surface area (TPSA) is 78.5 Å². The van der Waals surface area contributed by atoms with Gasteiger partial charge in [0.25, 0.3) is 15.9 Å². The molecule has 0 aliphatic carbocycles. The minimum Gasteiger partial charge on any atom is -0.336 e. The number of hydrogen-bond acceptors (Lipinski definition) is 4. The number of nitrogens with one attached hydrogen (secondary N) is 2. The second-order valence-electron chi connectivity index (χ2n) is 6.49. The lowest BCUT2D eigenvalue weighted by Crippen LogP contribution is -2.46. The second-order valence-corrected chi connectivity index (χ2v) is 8.18. The molecule has 0 unspecified atom stereocenters. The highest BCUT2D eigenvalue weighted by molar-refractivity contribution is 7.92. The Morgan fingerprint density at radius 3 is 2.50 bits per heavy atom. The van der Waals surface area contributed by atoms with Gasteiger partial charge in [-0.2, -0.15) is 0 Å². The van der Waals surface area contributed by atoms with Gasteiger partial charge < -0.3 is 10.2 Å². The number of carbonyl (C=O) groups is 1. The fourth-order valence-corrected chi connectivity index (χ4v) is 4.03. The Balaban J connectivity index is 1.89. The first-order chi connectivity index (χ1) is 12.4. The quantitative estimate of drug-likeness (QED) is 0.861. The molecule has 3 rings (SSSR count). The van der Waals surface area contributed by atoms with Gasteiger partial charge in [-0.05, 0) is 49.2 Å². The van der Waals surface area contributed by atoms with Crippen molar-refractivity contribution < 1.29 is 13.2 Å². The van der Waals surface area contributed by atoms with E-state index >= 15 is 0 Å². The van der Waals surface area contributed by atoms with Crippen LogP contribution in [0, 0.1) is 13.8 Å². The highest BCUT2D eigenvalue weighted by atomic mass is 32.2. The highest BCUT2D eigenvalue weighted by Crippen LogP contribution is 2.21. The molecule has 2 aromatic rings. The third kappa shape index (κ3) is 4.05. The van der Waals surface area contributed by atoms with Crippen molar-refractivity contribution in [3.05, 3.63) is 59.2 Å². The number of hydrogen-bond donors (Lipinski definition) is 2. The van der Waals surface area contributed by atoms with Crippen LogP contribution >= 0.6 is 0 Å². The van der Waals surface area contributed by atoms with E-state index in [0.29, 0.717) is 24.3 Å². The van der Waals surface area contributed by atoms with Gasteiger partial charge in [-0.1, -0.05) is 18.2 Å². The van der Waals surface area contributed by atoms with Crippen molar-refractivity contribution in [3.63, 3.8) is 0 Å². The molecule has 138 valence electrons. The summed E-state index contributed by atoms with van der Waals surface area (Å²) >= 11 is 0. The maximum atomic E-state index is 12.8. The lowest BCUT2D eigenvalue weighted by Gasteiger charge is -2.28. The van der Waals surface area contributed by atoms with Crippen molar-refractivity contribution in [2.24, 2.45) is 0 Å². The lowest BCUT2D eigenvalue weighted by molar-refractivity contribution is 0.0735. The summed E-state index contributed by atoms with van der Waals surface area (Å²) in [5.41, 5.74) is 2.66. The fraction of sp³-hybridized carbons (Fsp3) is 0.316. The number of carbonyl (C=O) groups excluding carboxylic acids is 1. The Labute approximate surface area is 154 Å². The first kappa shape index (κ1) is 18.4. The standard InChI is InChI=1S/C19H23N3O3S/c1-14-4-3-5-16(12-14)21-26(24,25)17-7-6-15(2)18(13-17)19(23)22-10-8-20-9-11-22/h3-7,12-13,20-21H,8-11H2,1-2H3. The van der Waals surface area contributed by atoms with Crippen molar-refractivity contribution in [2.45, 2.75) is 18.7 Å². The molecule has 1 aliphatic rings. The predicted molar refractivity (Wildman–Crippen MR) is 102 cm³/mol. The Bertz CT molecular complexity index is 919. The fourth-order valence-electron chi connectivity index (χ4n) is 2.96. The third-order valence-electron chi connectivity index (χ3n) is 4.42. The zero-order valence-electron chi connectivity index (χ0n) is 15.0. The summed E-state index contributed by atoms with van der Waals surface area (Å²) in [5.74, 6) is -0.128. The van der Waals surface area contributed by atoms with Crippen molar-refractivity contribution in [3.8, 4) is 0 Å². The average Bonchev–Trinajstić information content (AvgIpc) is 2.62. The molecule has 0 aromatic heterocycles. The molecule has 0 radical (unpaired) electrons. The number of sulfonamides is 1. The van der Waals surface area contributed by atoms with E-state index in [9.17, 15) is 13.2 Å². The number of benzene rings is 2. The molecule has 0 spiro atoms. The normalized spacial score (nSPS) is 14.9. The molecule has 2 N–H and O–H groups in total. The molecule has 0 atom stereocenters. The first-order valence-electron chi connectivity index (χ1n) is 8.57. The number of nitrogens with zero attached hydrogens (tertiary/aromatic N) is 1. The van der Waals surface area contributed by atoms with Crippen LogP contribution in [0.2, 0.25) is 0 Å². The largest absolute Gasteiger partial charge is 0.336 e. The van der Waals surface area contributed by atoms with Gasteiger partial charge in [-0.3, -0.25) is 9.52 Å². The SMILES string of the molecule is Cc1cccc(NS(=O)(=O)c2ccc(C)c(C(=O)N3CCNCC3)c2)c1. The van der Waals surface area contributed by atoms with Crippen LogP contribution in [0.3, 0.4) is 0 Å². The van der Waals surface area contributed by atoms with Crippen molar-refractivity contribution in [2.75, 3.05) is 30.9 Å². The van der Waals surface area contributed by atoms with Gasteiger partial charge in [0.15, 0.2) is 0 Å². The van der Waals surface area contributed by atoms with Crippen molar-refractivity contribution >= 4 is 21.6 Å². The zero-order valence-corrected chi connectivity index (χ0v) is 15.8. The van der Waals surface area contributed by atoms with Gasteiger partial charge >= 0.3 is 0 Å². The lowest BCUT2D eigenvalue weighted by atomic mass is 10.1. The third-order valence-corrected chi connectivity index (χ3v) is 5.80. The Kier molecular flexibility index (Phi) is 5.29. The molecule has 26 heavy (non-hydrogen) atoms. The van der Waals surface area contributed by atoms with Gasteiger partial charge in [0.05, 0.1) is 4.90 Å². The molecule has 1 amide bonds. The van der Waals surface area contributed by atoms with Gasteiger partial charge in [-0.25, -0.2) is 8.42 Å². The highest BCUT2D eigenvalue weighted by Gasteiger charge is 2.22. The number of rotatable bonds is 4.